The van der Waals surface area contributed by atoms with Crippen molar-refractivity contribution in [1.82, 2.24) is 5.01 Å². The van der Waals surface area contributed by atoms with Crippen LogP contribution in [0.3, 0.4) is 0 Å². The first-order chi connectivity index (χ1) is 9.18. The summed E-state index contributed by atoms with van der Waals surface area (Å²) in [6.07, 6.45) is 4.81. The van der Waals surface area contributed by atoms with Crippen LogP contribution in [0.4, 0.5) is 5.69 Å². The van der Waals surface area contributed by atoms with Gasteiger partial charge in [-0.25, -0.2) is 5.01 Å². The number of rotatable bonds is 1. The lowest BCUT2D eigenvalue weighted by atomic mass is 9.92. The summed E-state index contributed by atoms with van der Waals surface area (Å²) in [4.78, 5) is 12.5. The number of fused-ring (bicyclic) bond motifs is 1. The second-order valence-corrected chi connectivity index (χ2v) is 5.52. The monoisotopic (exact) mass is 256 g/mol. The fraction of sp³-hybridized carbons (Fsp3) is 0.438. The van der Waals surface area contributed by atoms with Gasteiger partial charge in [-0.1, -0.05) is 18.2 Å². The van der Waals surface area contributed by atoms with Crippen LogP contribution in [0.2, 0.25) is 0 Å². The molecular formula is C16H20N2O. The van der Waals surface area contributed by atoms with E-state index >= 15 is 0 Å². The van der Waals surface area contributed by atoms with E-state index < -0.39 is 0 Å². The predicted molar refractivity (Wildman–Crippen MR) is 76.8 cm³/mol. The van der Waals surface area contributed by atoms with Gasteiger partial charge in [-0.15, -0.1) is 0 Å². The zero-order chi connectivity index (χ0) is 13.4. The molecule has 0 radical (unpaired) electrons. The number of carbonyl (C=O) groups excluding carboxylic acids is 1. The number of hydrazine groups is 1. The van der Waals surface area contributed by atoms with Gasteiger partial charge in [0.1, 0.15) is 0 Å². The molecule has 0 aromatic heterocycles. The summed E-state index contributed by atoms with van der Waals surface area (Å²) in [6, 6.07) is 8.26. The summed E-state index contributed by atoms with van der Waals surface area (Å²) >= 11 is 0. The van der Waals surface area contributed by atoms with Gasteiger partial charge in [0.15, 0.2) is 5.78 Å². The van der Waals surface area contributed by atoms with E-state index in [2.05, 4.69) is 22.2 Å². The molecule has 3 heteroatoms. The third-order valence-corrected chi connectivity index (χ3v) is 4.00. The number of para-hydroxylation sites is 1. The summed E-state index contributed by atoms with van der Waals surface area (Å²) in [5.74, 6) is 0.312. The Morgan fingerprint density at radius 1 is 1.11 bits per heavy atom. The molecule has 0 atom stereocenters. The first kappa shape index (κ1) is 12.4. The summed E-state index contributed by atoms with van der Waals surface area (Å²) in [6.45, 7) is 0. The van der Waals surface area contributed by atoms with E-state index in [1.54, 1.807) is 0 Å². The van der Waals surface area contributed by atoms with Gasteiger partial charge < -0.3 is 0 Å². The number of Topliss-reactive ketones (excluding diaryl/α,β-unsaturated/α-hetero) is 1. The van der Waals surface area contributed by atoms with E-state index in [-0.39, 0.29) is 0 Å². The van der Waals surface area contributed by atoms with Gasteiger partial charge in [0.25, 0.3) is 0 Å². The second kappa shape index (κ2) is 4.82. The van der Waals surface area contributed by atoms with Crippen LogP contribution in [0.1, 0.15) is 31.2 Å². The standard InChI is InChI=1S/C16H20N2O/c1-17(2)18-14-9-5-3-7-12(14)11-16(19)13-8-4-6-10-15(13)18/h3,5,7,9H,4,6,8,10-11H2,1-2H3. The Morgan fingerprint density at radius 3 is 2.63 bits per heavy atom. The SMILES string of the molecule is CN(C)N1C2=C(CCCC2)C(=O)Cc2ccccc21. The van der Waals surface area contributed by atoms with E-state index in [0.29, 0.717) is 12.2 Å². The van der Waals surface area contributed by atoms with Gasteiger partial charge in [0.05, 0.1) is 5.69 Å². The van der Waals surface area contributed by atoms with E-state index in [4.69, 9.17) is 0 Å². The second-order valence-electron chi connectivity index (χ2n) is 5.52. The Labute approximate surface area is 114 Å². The highest BCUT2D eigenvalue weighted by Crippen LogP contribution is 2.37. The van der Waals surface area contributed by atoms with Gasteiger partial charge in [-0.05, 0) is 37.3 Å². The maximum Gasteiger partial charge on any atom is 0.165 e. The van der Waals surface area contributed by atoms with Crippen molar-refractivity contribution in [1.29, 1.82) is 0 Å². The summed E-state index contributed by atoms with van der Waals surface area (Å²) < 4.78 is 0. The highest BCUT2D eigenvalue weighted by Gasteiger charge is 2.30. The van der Waals surface area contributed by atoms with Crippen molar-refractivity contribution in [3.63, 3.8) is 0 Å². The molecule has 3 nitrogen and oxygen atoms in total. The minimum atomic E-state index is 0.312. The maximum atomic E-state index is 12.5. The van der Waals surface area contributed by atoms with Crippen molar-refractivity contribution in [3.8, 4) is 0 Å². The van der Waals surface area contributed by atoms with Crippen LogP contribution in [0.5, 0.6) is 0 Å². The predicted octanol–water partition coefficient (Wildman–Crippen LogP) is 2.92. The Morgan fingerprint density at radius 2 is 1.84 bits per heavy atom. The van der Waals surface area contributed by atoms with Gasteiger partial charge in [0.2, 0.25) is 0 Å². The lowest BCUT2D eigenvalue weighted by Gasteiger charge is -2.35. The van der Waals surface area contributed by atoms with Gasteiger partial charge in [-0.2, -0.15) is 0 Å². The molecule has 100 valence electrons. The Hall–Kier alpha value is -1.61. The number of allylic oxidation sites excluding steroid dienone is 2. The smallest absolute Gasteiger partial charge is 0.165 e. The lowest BCUT2D eigenvalue weighted by Crippen LogP contribution is -2.37. The molecule has 0 N–H and O–H groups in total. The number of ketones is 1. The molecule has 1 aliphatic carbocycles. The van der Waals surface area contributed by atoms with Crippen molar-refractivity contribution >= 4 is 11.5 Å². The molecule has 0 spiro atoms. The molecule has 0 saturated heterocycles. The van der Waals surface area contributed by atoms with E-state index in [1.165, 1.54) is 12.1 Å². The fourth-order valence-electron chi connectivity index (χ4n) is 3.17. The van der Waals surface area contributed by atoms with Gasteiger partial charge in [-0.3, -0.25) is 9.80 Å². The maximum absolute atomic E-state index is 12.5. The highest BCUT2D eigenvalue weighted by atomic mass is 16.1. The first-order valence-electron chi connectivity index (χ1n) is 6.99. The van der Waals surface area contributed by atoms with Gasteiger partial charge >= 0.3 is 0 Å². The van der Waals surface area contributed by atoms with E-state index in [1.807, 2.05) is 26.2 Å². The zero-order valence-corrected chi connectivity index (χ0v) is 11.6. The normalized spacial score (nSPS) is 19.3. The fourth-order valence-corrected chi connectivity index (χ4v) is 3.17. The van der Waals surface area contributed by atoms with Crippen molar-refractivity contribution < 1.29 is 4.79 Å². The quantitative estimate of drug-likeness (QED) is 0.772. The largest absolute Gasteiger partial charge is 0.294 e. The molecule has 0 amide bonds. The molecular weight excluding hydrogens is 236 g/mol. The molecule has 2 aliphatic rings. The molecule has 0 saturated carbocycles. The first-order valence-corrected chi connectivity index (χ1v) is 6.99. The average molecular weight is 256 g/mol. The molecule has 3 rings (SSSR count). The number of nitrogens with zero attached hydrogens (tertiary/aromatic N) is 2. The van der Waals surface area contributed by atoms with Crippen LogP contribution in [0, 0.1) is 0 Å². The van der Waals surface area contributed by atoms with E-state index in [9.17, 15) is 4.79 Å². The number of hydrogen-bond donors (Lipinski definition) is 0. The van der Waals surface area contributed by atoms with E-state index in [0.717, 1.165) is 36.1 Å². The average Bonchev–Trinajstić information content (AvgIpc) is 2.53. The minimum absolute atomic E-state index is 0.312. The number of benzene rings is 1. The van der Waals surface area contributed by atoms with Crippen LogP contribution < -0.4 is 5.01 Å². The van der Waals surface area contributed by atoms with Crippen molar-refractivity contribution in [2.24, 2.45) is 0 Å². The van der Waals surface area contributed by atoms with Crippen LogP contribution in [-0.2, 0) is 11.2 Å². The van der Waals surface area contributed by atoms with Crippen molar-refractivity contribution in [2.45, 2.75) is 32.1 Å². The van der Waals surface area contributed by atoms with Crippen molar-refractivity contribution in [2.75, 3.05) is 19.1 Å². The molecule has 0 unspecified atom stereocenters. The van der Waals surface area contributed by atoms with Crippen LogP contribution in [0.25, 0.3) is 0 Å². The van der Waals surface area contributed by atoms with Crippen LogP contribution >= 0.6 is 0 Å². The van der Waals surface area contributed by atoms with Crippen molar-refractivity contribution in [3.05, 3.63) is 41.1 Å². The minimum Gasteiger partial charge on any atom is -0.294 e. The molecule has 1 heterocycles. The molecule has 0 fully saturated rings. The topological polar surface area (TPSA) is 23.6 Å². The summed E-state index contributed by atoms with van der Waals surface area (Å²) in [5.41, 5.74) is 4.56. The molecule has 0 bridgehead atoms. The molecule has 1 aromatic carbocycles. The van der Waals surface area contributed by atoms with Crippen LogP contribution in [-0.4, -0.2) is 24.9 Å². The Kier molecular flexibility index (Phi) is 3.15. The van der Waals surface area contributed by atoms with Gasteiger partial charge in [0, 0.05) is 31.8 Å². The zero-order valence-electron chi connectivity index (χ0n) is 11.6. The number of anilines is 1. The highest BCUT2D eigenvalue weighted by molar-refractivity contribution is 6.00. The number of hydrogen-bond acceptors (Lipinski definition) is 3. The third-order valence-electron chi connectivity index (χ3n) is 4.00. The summed E-state index contributed by atoms with van der Waals surface area (Å²) in [7, 11) is 4.09. The summed E-state index contributed by atoms with van der Waals surface area (Å²) in [5, 5.41) is 4.33. The third kappa shape index (κ3) is 2.08. The molecule has 1 aliphatic heterocycles. The number of carbonyl (C=O) groups is 1. The Balaban J connectivity index is 2.19. The van der Waals surface area contributed by atoms with Crippen LogP contribution in [0.15, 0.2) is 35.5 Å². The lowest BCUT2D eigenvalue weighted by molar-refractivity contribution is -0.115. The molecule has 1 aromatic rings. The molecule has 19 heavy (non-hydrogen) atoms. The Bertz CT molecular complexity index is 545.